The van der Waals surface area contributed by atoms with Crippen molar-refractivity contribution < 1.29 is 28.7 Å². The second-order valence-electron chi connectivity index (χ2n) is 8.79. The van der Waals surface area contributed by atoms with E-state index in [0.717, 1.165) is 5.56 Å². The topological polar surface area (TPSA) is 127 Å². The average Bonchev–Trinajstić information content (AvgIpc) is 2.94. The van der Waals surface area contributed by atoms with Crippen LogP contribution < -0.4 is 15.4 Å². The molecule has 0 aliphatic carbocycles. The van der Waals surface area contributed by atoms with E-state index in [9.17, 15) is 19.2 Å². The molecule has 2 N–H and O–H groups in total. The highest BCUT2D eigenvalue weighted by Crippen LogP contribution is 2.18. The maximum atomic E-state index is 12.9. The molecule has 37 heavy (non-hydrogen) atoms. The predicted octanol–water partition coefficient (Wildman–Crippen LogP) is 1.74. The van der Waals surface area contributed by atoms with Crippen molar-refractivity contribution in [3.63, 3.8) is 0 Å². The van der Waals surface area contributed by atoms with E-state index < -0.39 is 23.8 Å². The Morgan fingerprint density at radius 1 is 1.11 bits per heavy atom. The number of aromatic nitrogens is 1. The molecule has 0 bridgehead atoms. The van der Waals surface area contributed by atoms with Crippen LogP contribution in [0.5, 0.6) is 5.75 Å². The standard InChI is InChI=1S/C27H34N4O6/c1-3-37-27(35)23(30-26(34)20-7-9-22(36-2)10-8-20)17-29-25(33)21-5-4-16-31(18-21)24(32)11-6-19-12-14-28-15-13-19/h7-10,12-15,21,23H,3-6,11,16-18H2,1-2H3,(H,29,33)(H,30,34)/t21-,23+/m1/s1. The van der Waals surface area contributed by atoms with Gasteiger partial charge in [0.15, 0.2) is 0 Å². The second-order valence-corrected chi connectivity index (χ2v) is 8.79. The first-order valence-electron chi connectivity index (χ1n) is 12.5. The molecule has 1 aliphatic heterocycles. The summed E-state index contributed by atoms with van der Waals surface area (Å²) in [5, 5.41) is 5.40. The monoisotopic (exact) mass is 510 g/mol. The first-order chi connectivity index (χ1) is 17.9. The van der Waals surface area contributed by atoms with Crippen LogP contribution in [-0.4, -0.2) is 73.0 Å². The van der Waals surface area contributed by atoms with Crippen molar-refractivity contribution in [1.82, 2.24) is 20.5 Å². The van der Waals surface area contributed by atoms with E-state index in [1.54, 1.807) is 48.5 Å². The van der Waals surface area contributed by atoms with Gasteiger partial charge in [0.25, 0.3) is 5.91 Å². The molecule has 1 fully saturated rings. The Morgan fingerprint density at radius 2 is 1.84 bits per heavy atom. The lowest BCUT2D eigenvalue weighted by atomic mass is 9.96. The summed E-state index contributed by atoms with van der Waals surface area (Å²) in [4.78, 5) is 56.5. The van der Waals surface area contributed by atoms with Crippen LogP contribution in [-0.2, 0) is 25.5 Å². The highest BCUT2D eigenvalue weighted by atomic mass is 16.5. The van der Waals surface area contributed by atoms with Gasteiger partial charge in [-0.2, -0.15) is 0 Å². The summed E-state index contributed by atoms with van der Waals surface area (Å²) in [6.07, 6.45) is 5.73. The average molecular weight is 511 g/mol. The zero-order valence-corrected chi connectivity index (χ0v) is 21.3. The van der Waals surface area contributed by atoms with Gasteiger partial charge in [0.1, 0.15) is 11.8 Å². The lowest BCUT2D eigenvalue weighted by molar-refractivity contribution is -0.145. The number of hydrogen-bond donors (Lipinski definition) is 2. The molecule has 2 atom stereocenters. The van der Waals surface area contributed by atoms with Crippen LogP contribution in [0.2, 0.25) is 0 Å². The molecule has 3 amide bonds. The number of nitrogens with one attached hydrogen (secondary N) is 2. The number of esters is 1. The number of nitrogens with zero attached hydrogens (tertiary/aromatic N) is 2. The maximum absolute atomic E-state index is 12.9. The number of methoxy groups -OCH3 is 1. The Morgan fingerprint density at radius 3 is 2.51 bits per heavy atom. The van der Waals surface area contributed by atoms with E-state index in [4.69, 9.17) is 9.47 Å². The fourth-order valence-corrected chi connectivity index (χ4v) is 4.14. The third-order valence-electron chi connectivity index (χ3n) is 6.23. The van der Waals surface area contributed by atoms with Gasteiger partial charge >= 0.3 is 5.97 Å². The largest absolute Gasteiger partial charge is 0.497 e. The van der Waals surface area contributed by atoms with Crippen molar-refractivity contribution in [1.29, 1.82) is 0 Å². The number of hydrogen-bond acceptors (Lipinski definition) is 7. The van der Waals surface area contributed by atoms with Crippen LogP contribution in [0.25, 0.3) is 0 Å². The number of likely N-dealkylation sites (tertiary alicyclic amines) is 1. The van der Waals surface area contributed by atoms with Crippen molar-refractivity contribution in [2.75, 3.05) is 33.4 Å². The second kappa shape index (κ2) is 14.0. The van der Waals surface area contributed by atoms with Gasteiger partial charge in [0, 0.05) is 44.0 Å². The van der Waals surface area contributed by atoms with Crippen molar-refractivity contribution in [2.24, 2.45) is 5.92 Å². The Hall–Kier alpha value is -3.95. The van der Waals surface area contributed by atoms with Crippen LogP contribution in [0.3, 0.4) is 0 Å². The molecule has 2 heterocycles. The molecule has 198 valence electrons. The number of rotatable bonds is 11. The number of benzene rings is 1. The molecule has 10 heteroatoms. The first kappa shape index (κ1) is 27.6. The summed E-state index contributed by atoms with van der Waals surface area (Å²) in [5.74, 6) is -1.16. The molecule has 0 unspecified atom stereocenters. The Labute approximate surface area is 216 Å². The van der Waals surface area contributed by atoms with E-state index in [1.165, 1.54) is 7.11 Å². The van der Waals surface area contributed by atoms with Crippen molar-refractivity contribution >= 4 is 23.7 Å². The summed E-state index contributed by atoms with van der Waals surface area (Å²) >= 11 is 0. The van der Waals surface area contributed by atoms with E-state index in [-0.39, 0.29) is 25.0 Å². The van der Waals surface area contributed by atoms with Gasteiger partial charge in [-0.25, -0.2) is 4.79 Å². The molecule has 0 radical (unpaired) electrons. The highest BCUT2D eigenvalue weighted by Gasteiger charge is 2.30. The Kier molecular flexibility index (Phi) is 10.4. The molecule has 10 nitrogen and oxygen atoms in total. The lowest BCUT2D eigenvalue weighted by Gasteiger charge is -2.32. The normalized spacial score (nSPS) is 15.8. The Balaban J connectivity index is 1.53. The smallest absolute Gasteiger partial charge is 0.330 e. The van der Waals surface area contributed by atoms with E-state index in [2.05, 4.69) is 15.6 Å². The zero-order chi connectivity index (χ0) is 26.6. The van der Waals surface area contributed by atoms with Gasteiger partial charge in [-0.05, 0) is 68.1 Å². The van der Waals surface area contributed by atoms with Gasteiger partial charge in [-0.15, -0.1) is 0 Å². The molecule has 0 spiro atoms. The predicted molar refractivity (Wildman–Crippen MR) is 136 cm³/mol. The molecular formula is C27H34N4O6. The van der Waals surface area contributed by atoms with Gasteiger partial charge in [-0.1, -0.05) is 0 Å². The van der Waals surface area contributed by atoms with Gasteiger partial charge in [-0.3, -0.25) is 19.4 Å². The number of piperidine rings is 1. The first-order valence-corrected chi connectivity index (χ1v) is 12.5. The van der Waals surface area contributed by atoms with Crippen LogP contribution >= 0.6 is 0 Å². The number of carbonyl (C=O) groups excluding carboxylic acids is 4. The summed E-state index contributed by atoms with van der Waals surface area (Å²) in [5.41, 5.74) is 1.38. The molecule has 1 saturated heterocycles. The SMILES string of the molecule is CCOC(=O)[C@H](CNC(=O)[C@@H]1CCCN(C(=O)CCc2ccncc2)C1)NC(=O)c1ccc(OC)cc1. The number of carbonyl (C=O) groups is 4. The molecule has 1 aromatic heterocycles. The van der Waals surface area contributed by atoms with Crippen LogP contribution in [0.4, 0.5) is 0 Å². The molecule has 0 saturated carbocycles. The Bertz CT molecular complexity index is 1060. The zero-order valence-electron chi connectivity index (χ0n) is 21.3. The molecule has 1 aliphatic rings. The van der Waals surface area contributed by atoms with Gasteiger partial charge < -0.3 is 25.0 Å². The molecule has 2 aromatic rings. The number of amides is 3. The quantitative estimate of drug-likeness (QED) is 0.441. The summed E-state index contributed by atoms with van der Waals surface area (Å²) in [7, 11) is 1.53. The fraction of sp³-hybridized carbons (Fsp3) is 0.444. The van der Waals surface area contributed by atoms with Crippen molar-refractivity contribution in [3.8, 4) is 5.75 Å². The maximum Gasteiger partial charge on any atom is 0.330 e. The molecular weight excluding hydrogens is 476 g/mol. The summed E-state index contributed by atoms with van der Waals surface area (Å²) in [6.45, 7) is 2.62. The minimum atomic E-state index is -1.06. The third-order valence-corrected chi connectivity index (χ3v) is 6.23. The number of aryl methyl sites for hydroxylation is 1. The van der Waals surface area contributed by atoms with Crippen LogP contribution in [0, 0.1) is 5.92 Å². The minimum absolute atomic E-state index is 0.00506. The van der Waals surface area contributed by atoms with Crippen molar-refractivity contribution in [3.05, 3.63) is 59.9 Å². The fourth-order valence-electron chi connectivity index (χ4n) is 4.14. The van der Waals surface area contributed by atoms with Crippen molar-refractivity contribution in [2.45, 2.75) is 38.6 Å². The summed E-state index contributed by atoms with van der Waals surface area (Å²) in [6, 6.07) is 9.15. The van der Waals surface area contributed by atoms with Gasteiger partial charge in [0.2, 0.25) is 11.8 Å². The third kappa shape index (κ3) is 8.30. The molecule has 3 rings (SSSR count). The van der Waals surface area contributed by atoms with Crippen LogP contribution in [0.15, 0.2) is 48.8 Å². The summed E-state index contributed by atoms with van der Waals surface area (Å²) < 4.78 is 10.2. The lowest BCUT2D eigenvalue weighted by Crippen LogP contribution is -2.51. The van der Waals surface area contributed by atoms with E-state index >= 15 is 0 Å². The van der Waals surface area contributed by atoms with E-state index in [1.807, 2.05) is 12.1 Å². The van der Waals surface area contributed by atoms with Gasteiger partial charge in [0.05, 0.1) is 19.6 Å². The van der Waals surface area contributed by atoms with Crippen LogP contribution in [0.1, 0.15) is 42.1 Å². The minimum Gasteiger partial charge on any atom is -0.497 e. The van der Waals surface area contributed by atoms with E-state index in [0.29, 0.717) is 50.1 Å². The number of ether oxygens (including phenoxy) is 2. The number of pyridine rings is 1. The highest BCUT2D eigenvalue weighted by molar-refractivity contribution is 5.97. The molecule has 1 aromatic carbocycles.